The van der Waals surface area contributed by atoms with E-state index in [0.29, 0.717) is 5.56 Å². The van der Waals surface area contributed by atoms with E-state index >= 15 is 0 Å². The quantitative estimate of drug-likeness (QED) is 0.471. The smallest absolute Gasteiger partial charge is 0.348 e. The van der Waals surface area contributed by atoms with Crippen LogP contribution in [0.25, 0.3) is 17.2 Å². The van der Waals surface area contributed by atoms with Crippen LogP contribution in [0.5, 0.6) is 0 Å². The Morgan fingerprint density at radius 3 is 2.16 bits per heavy atom. The molecular formula is C20H17FO4. The van der Waals surface area contributed by atoms with Gasteiger partial charge >= 0.3 is 11.9 Å². The molecule has 1 saturated heterocycles. The highest BCUT2D eigenvalue weighted by molar-refractivity contribution is 6.18. The van der Waals surface area contributed by atoms with Gasteiger partial charge in [-0.3, -0.25) is 0 Å². The number of halogens is 1. The van der Waals surface area contributed by atoms with Crippen molar-refractivity contribution in [3.63, 3.8) is 0 Å². The first-order chi connectivity index (χ1) is 11.7. The number of benzene rings is 2. The lowest BCUT2D eigenvalue weighted by Crippen LogP contribution is -2.41. The van der Waals surface area contributed by atoms with E-state index in [4.69, 9.17) is 9.47 Å². The van der Waals surface area contributed by atoms with Gasteiger partial charge in [-0.2, -0.15) is 0 Å². The molecule has 1 fully saturated rings. The summed E-state index contributed by atoms with van der Waals surface area (Å²) in [5.74, 6) is -3.00. The monoisotopic (exact) mass is 340 g/mol. The van der Waals surface area contributed by atoms with Crippen molar-refractivity contribution in [2.24, 2.45) is 0 Å². The molecule has 0 bridgehead atoms. The molecule has 0 atom stereocenters. The zero-order valence-electron chi connectivity index (χ0n) is 14.1. The van der Waals surface area contributed by atoms with Gasteiger partial charge in [0.15, 0.2) is 0 Å². The first-order valence-electron chi connectivity index (χ1n) is 7.80. The van der Waals surface area contributed by atoms with Crippen molar-refractivity contribution in [3.8, 4) is 11.1 Å². The van der Waals surface area contributed by atoms with Crippen molar-refractivity contribution in [2.45, 2.75) is 26.6 Å². The Labute approximate surface area is 144 Å². The highest BCUT2D eigenvalue weighted by Gasteiger charge is 2.38. The maximum Gasteiger partial charge on any atom is 0.348 e. The first kappa shape index (κ1) is 16.9. The molecular weight excluding hydrogens is 323 g/mol. The number of rotatable bonds is 2. The molecule has 0 aliphatic carbocycles. The SMILES string of the molecule is Cc1ccc(F)cc1-c1ccc(C=C2C(=O)OC(C)(C)OC2=O)cc1. The molecule has 128 valence electrons. The van der Waals surface area contributed by atoms with Crippen molar-refractivity contribution >= 4 is 18.0 Å². The molecule has 0 aromatic heterocycles. The van der Waals surface area contributed by atoms with Gasteiger partial charge in [-0.25, -0.2) is 14.0 Å². The molecule has 1 aliphatic heterocycles. The van der Waals surface area contributed by atoms with Gasteiger partial charge in [0.2, 0.25) is 0 Å². The third-order valence-corrected chi connectivity index (χ3v) is 3.85. The fourth-order valence-corrected chi connectivity index (χ4v) is 2.61. The molecule has 0 saturated carbocycles. The average molecular weight is 340 g/mol. The van der Waals surface area contributed by atoms with Crippen LogP contribution in [0.2, 0.25) is 0 Å². The maximum absolute atomic E-state index is 13.5. The van der Waals surface area contributed by atoms with E-state index in [1.54, 1.807) is 30.3 Å². The summed E-state index contributed by atoms with van der Waals surface area (Å²) in [4.78, 5) is 23.9. The molecule has 3 rings (SSSR count). The Morgan fingerprint density at radius 1 is 0.960 bits per heavy atom. The molecule has 2 aromatic rings. The maximum atomic E-state index is 13.5. The van der Waals surface area contributed by atoms with Crippen LogP contribution in [0.4, 0.5) is 4.39 Å². The Morgan fingerprint density at radius 2 is 1.56 bits per heavy atom. The Balaban J connectivity index is 1.89. The number of carbonyl (C=O) groups is 2. The van der Waals surface area contributed by atoms with Crippen LogP contribution < -0.4 is 0 Å². The highest BCUT2D eigenvalue weighted by Crippen LogP contribution is 2.27. The molecule has 5 heteroatoms. The molecule has 25 heavy (non-hydrogen) atoms. The fraction of sp³-hybridized carbons (Fsp3) is 0.200. The minimum atomic E-state index is -1.26. The molecule has 1 aliphatic rings. The molecule has 4 nitrogen and oxygen atoms in total. The number of hydrogen-bond acceptors (Lipinski definition) is 4. The third kappa shape index (κ3) is 3.60. The van der Waals surface area contributed by atoms with Crippen molar-refractivity contribution in [1.82, 2.24) is 0 Å². The number of carbonyl (C=O) groups excluding carboxylic acids is 2. The zero-order valence-corrected chi connectivity index (χ0v) is 14.1. The van der Waals surface area contributed by atoms with Crippen LogP contribution >= 0.6 is 0 Å². The molecule has 1 heterocycles. The lowest BCUT2D eigenvalue weighted by atomic mass is 9.99. The minimum absolute atomic E-state index is 0.158. The van der Waals surface area contributed by atoms with E-state index in [2.05, 4.69) is 0 Å². The van der Waals surface area contributed by atoms with E-state index in [1.165, 1.54) is 32.1 Å². The van der Waals surface area contributed by atoms with Crippen LogP contribution in [0.15, 0.2) is 48.0 Å². The number of hydrogen-bond donors (Lipinski definition) is 0. The van der Waals surface area contributed by atoms with Gasteiger partial charge in [0.1, 0.15) is 11.4 Å². The fourth-order valence-electron chi connectivity index (χ4n) is 2.61. The lowest BCUT2D eigenvalue weighted by Gasteiger charge is -2.29. The molecule has 0 amide bonds. The van der Waals surface area contributed by atoms with Gasteiger partial charge in [0, 0.05) is 13.8 Å². The standard InChI is InChI=1S/C20H17FO4/c1-12-4-9-15(21)11-16(12)14-7-5-13(6-8-14)10-17-18(22)24-20(2,3)25-19(17)23/h4-11H,1-3H3. The van der Waals surface area contributed by atoms with E-state index in [-0.39, 0.29) is 11.4 Å². The van der Waals surface area contributed by atoms with Gasteiger partial charge in [0.25, 0.3) is 5.79 Å². The van der Waals surface area contributed by atoms with Gasteiger partial charge in [-0.1, -0.05) is 30.3 Å². The van der Waals surface area contributed by atoms with Crippen molar-refractivity contribution in [1.29, 1.82) is 0 Å². The summed E-state index contributed by atoms with van der Waals surface area (Å²) in [6.07, 6.45) is 1.42. The van der Waals surface area contributed by atoms with E-state index in [9.17, 15) is 14.0 Å². The molecule has 0 unspecified atom stereocenters. The number of aryl methyl sites for hydroxylation is 1. The number of ether oxygens (including phenoxy) is 2. The van der Waals surface area contributed by atoms with Gasteiger partial charge < -0.3 is 9.47 Å². The van der Waals surface area contributed by atoms with Gasteiger partial charge in [-0.05, 0) is 47.4 Å². The Bertz CT molecular complexity index is 857. The van der Waals surface area contributed by atoms with E-state index < -0.39 is 17.7 Å². The Hall–Kier alpha value is -2.95. The van der Waals surface area contributed by atoms with Crippen molar-refractivity contribution in [2.75, 3.05) is 0 Å². The number of esters is 2. The number of cyclic esters (lactones) is 2. The summed E-state index contributed by atoms with van der Waals surface area (Å²) in [7, 11) is 0. The lowest BCUT2D eigenvalue weighted by molar-refractivity contribution is -0.222. The summed E-state index contributed by atoms with van der Waals surface area (Å²) < 4.78 is 23.6. The predicted molar refractivity (Wildman–Crippen MR) is 90.8 cm³/mol. The van der Waals surface area contributed by atoms with E-state index in [0.717, 1.165) is 16.7 Å². The molecule has 0 radical (unpaired) electrons. The van der Waals surface area contributed by atoms with E-state index in [1.807, 2.05) is 6.92 Å². The topological polar surface area (TPSA) is 52.6 Å². The summed E-state index contributed by atoms with van der Waals surface area (Å²) in [5.41, 5.74) is 3.07. The third-order valence-electron chi connectivity index (χ3n) is 3.85. The molecule has 0 spiro atoms. The molecule has 0 N–H and O–H groups in total. The summed E-state index contributed by atoms with van der Waals surface area (Å²) in [6.45, 7) is 4.89. The second-order valence-corrected chi connectivity index (χ2v) is 6.32. The van der Waals surface area contributed by atoms with Crippen LogP contribution in [-0.2, 0) is 19.1 Å². The van der Waals surface area contributed by atoms with Gasteiger partial charge in [-0.15, -0.1) is 0 Å². The normalized spacial score (nSPS) is 16.2. The minimum Gasteiger partial charge on any atom is -0.419 e. The van der Waals surface area contributed by atoms with Gasteiger partial charge in [0.05, 0.1) is 0 Å². The zero-order chi connectivity index (χ0) is 18.2. The molecule has 2 aromatic carbocycles. The van der Waals surface area contributed by atoms with Crippen LogP contribution in [0.3, 0.4) is 0 Å². The first-order valence-corrected chi connectivity index (χ1v) is 7.80. The summed E-state index contributed by atoms with van der Waals surface area (Å²) in [6, 6.07) is 11.7. The summed E-state index contributed by atoms with van der Waals surface area (Å²) in [5, 5.41) is 0. The second-order valence-electron chi connectivity index (χ2n) is 6.32. The van der Waals surface area contributed by atoms with Crippen molar-refractivity contribution in [3.05, 3.63) is 65.0 Å². The second kappa shape index (κ2) is 6.16. The van der Waals surface area contributed by atoms with Crippen LogP contribution in [0.1, 0.15) is 25.0 Å². The van der Waals surface area contributed by atoms with Crippen LogP contribution in [-0.4, -0.2) is 17.7 Å². The van der Waals surface area contributed by atoms with Crippen LogP contribution in [0, 0.1) is 12.7 Å². The Kier molecular flexibility index (Phi) is 4.17. The average Bonchev–Trinajstić information content (AvgIpc) is 2.53. The largest absolute Gasteiger partial charge is 0.419 e. The highest BCUT2D eigenvalue weighted by atomic mass is 19.1. The summed E-state index contributed by atoms with van der Waals surface area (Å²) >= 11 is 0. The van der Waals surface area contributed by atoms with Crippen molar-refractivity contribution < 1.29 is 23.5 Å². The predicted octanol–water partition coefficient (Wildman–Crippen LogP) is 4.02.